The number of nitrogens with zero attached hydrogens (tertiary/aromatic N) is 5. The zero-order chi connectivity index (χ0) is 16.9. The molecule has 2 aromatic heterocycles. The number of hydrogen-bond acceptors (Lipinski definition) is 6. The summed E-state index contributed by atoms with van der Waals surface area (Å²) < 4.78 is 0. The van der Waals surface area contributed by atoms with E-state index in [1.54, 1.807) is 6.33 Å². The number of aromatic nitrogens is 3. The van der Waals surface area contributed by atoms with Gasteiger partial charge >= 0.3 is 0 Å². The highest BCUT2D eigenvalue weighted by molar-refractivity contribution is 5.59. The number of piperazine rings is 1. The minimum absolute atomic E-state index is 0.809. The number of nitrogens with one attached hydrogen (secondary N) is 1. The van der Waals surface area contributed by atoms with Crippen LogP contribution in [0.25, 0.3) is 0 Å². The smallest absolute Gasteiger partial charge is 0.135 e. The molecule has 4 rings (SSSR count). The molecule has 126 valence electrons. The van der Waals surface area contributed by atoms with Gasteiger partial charge < -0.3 is 15.1 Å². The molecule has 1 N–H and O–H groups in total. The van der Waals surface area contributed by atoms with E-state index in [-0.39, 0.29) is 0 Å². The van der Waals surface area contributed by atoms with Gasteiger partial charge in [-0.2, -0.15) is 0 Å². The van der Waals surface area contributed by atoms with Gasteiger partial charge in [0.05, 0.1) is 0 Å². The highest BCUT2D eigenvalue weighted by atomic mass is 15.3. The third-order valence-electron chi connectivity index (χ3n) is 4.28. The average molecular weight is 332 g/mol. The number of pyridine rings is 1. The summed E-state index contributed by atoms with van der Waals surface area (Å²) >= 11 is 0. The van der Waals surface area contributed by atoms with E-state index in [1.807, 2.05) is 54.7 Å². The Bertz CT molecular complexity index is 800. The average Bonchev–Trinajstić information content (AvgIpc) is 2.70. The minimum atomic E-state index is 0.809. The lowest BCUT2D eigenvalue weighted by molar-refractivity contribution is 0.641. The molecule has 0 spiro atoms. The molecule has 25 heavy (non-hydrogen) atoms. The molecule has 1 aliphatic heterocycles. The molecule has 6 nitrogen and oxygen atoms in total. The molecule has 1 saturated heterocycles. The summed E-state index contributed by atoms with van der Waals surface area (Å²) in [6, 6.07) is 18.1. The Kier molecular flexibility index (Phi) is 4.41. The summed E-state index contributed by atoms with van der Waals surface area (Å²) in [6.07, 6.45) is 3.46. The number of hydrogen-bond donors (Lipinski definition) is 1. The first kappa shape index (κ1) is 15.4. The minimum Gasteiger partial charge on any atom is -0.353 e. The van der Waals surface area contributed by atoms with Gasteiger partial charge in [0.15, 0.2) is 0 Å². The SMILES string of the molecule is c1ccc(Nc2cc(N3CCN(c4ccccn4)CC3)ncn2)cc1. The maximum atomic E-state index is 4.44. The molecule has 1 aromatic carbocycles. The lowest BCUT2D eigenvalue weighted by Gasteiger charge is -2.36. The normalized spacial score (nSPS) is 14.4. The van der Waals surface area contributed by atoms with Gasteiger partial charge in [-0.1, -0.05) is 24.3 Å². The van der Waals surface area contributed by atoms with Crippen molar-refractivity contribution < 1.29 is 0 Å². The van der Waals surface area contributed by atoms with Gasteiger partial charge in [-0.15, -0.1) is 0 Å². The van der Waals surface area contributed by atoms with Crippen LogP contribution < -0.4 is 15.1 Å². The molecule has 6 heteroatoms. The van der Waals surface area contributed by atoms with Crippen LogP contribution in [0.2, 0.25) is 0 Å². The molecule has 3 aromatic rings. The van der Waals surface area contributed by atoms with E-state index in [0.717, 1.165) is 49.3 Å². The summed E-state index contributed by atoms with van der Waals surface area (Å²) in [7, 11) is 0. The van der Waals surface area contributed by atoms with E-state index < -0.39 is 0 Å². The lowest BCUT2D eigenvalue weighted by atomic mass is 10.3. The second-order valence-electron chi connectivity index (χ2n) is 5.91. The van der Waals surface area contributed by atoms with Crippen molar-refractivity contribution in [3.05, 3.63) is 67.1 Å². The van der Waals surface area contributed by atoms with Gasteiger partial charge in [0.25, 0.3) is 0 Å². The Balaban J connectivity index is 1.42. The highest BCUT2D eigenvalue weighted by Crippen LogP contribution is 2.20. The Morgan fingerprint density at radius 2 is 1.44 bits per heavy atom. The fraction of sp³-hybridized carbons (Fsp3) is 0.211. The summed E-state index contributed by atoms with van der Waals surface area (Å²) in [5.74, 6) is 2.80. The molecule has 1 fully saturated rings. The van der Waals surface area contributed by atoms with Crippen molar-refractivity contribution in [3.8, 4) is 0 Å². The maximum absolute atomic E-state index is 4.44. The largest absolute Gasteiger partial charge is 0.353 e. The van der Waals surface area contributed by atoms with Gasteiger partial charge in [-0.25, -0.2) is 15.0 Å². The third kappa shape index (κ3) is 3.68. The van der Waals surface area contributed by atoms with Crippen LogP contribution >= 0.6 is 0 Å². The van der Waals surface area contributed by atoms with E-state index in [1.165, 1.54) is 0 Å². The Labute approximate surface area is 147 Å². The molecular weight excluding hydrogens is 312 g/mol. The Morgan fingerprint density at radius 1 is 0.720 bits per heavy atom. The Hall–Kier alpha value is -3.15. The molecule has 0 radical (unpaired) electrons. The molecule has 0 atom stereocenters. The second kappa shape index (κ2) is 7.17. The van der Waals surface area contributed by atoms with Crippen molar-refractivity contribution in [2.45, 2.75) is 0 Å². The number of para-hydroxylation sites is 1. The highest BCUT2D eigenvalue weighted by Gasteiger charge is 2.19. The molecule has 0 amide bonds. The molecule has 1 aliphatic rings. The number of anilines is 4. The van der Waals surface area contributed by atoms with E-state index in [9.17, 15) is 0 Å². The van der Waals surface area contributed by atoms with Gasteiger partial charge in [0, 0.05) is 44.1 Å². The van der Waals surface area contributed by atoms with Crippen molar-refractivity contribution in [1.82, 2.24) is 15.0 Å². The third-order valence-corrected chi connectivity index (χ3v) is 4.28. The second-order valence-corrected chi connectivity index (χ2v) is 5.91. The first-order chi connectivity index (χ1) is 12.4. The zero-order valence-corrected chi connectivity index (χ0v) is 13.9. The van der Waals surface area contributed by atoms with Crippen molar-refractivity contribution in [3.63, 3.8) is 0 Å². The quantitative estimate of drug-likeness (QED) is 0.793. The predicted molar refractivity (Wildman–Crippen MR) is 100 cm³/mol. The first-order valence-corrected chi connectivity index (χ1v) is 8.43. The monoisotopic (exact) mass is 332 g/mol. The van der Waals surface area contributed by atoms with Crippen LogP contribution in [0.15, 0.2) is 67.1 Å². The first-order valence-electron chi connectivity index (χ1n) is 8.43. The van der Waals surface area contributed by atoms with Gasteiger partial charge in [0.2, 0.25) is 0 Å². The number of rotatable bonds is 4. The molecule has 0 bridgehead atoms. The fourth-order valence-electron chi connectivity index (χ4n) is 2.96. The number of benzene rings is 1. The zero-order valence-electron chi connectivity index (χ0n) is 13.9. The molecule has 0 aliphatic carbocycles. The maximum Gasteiger partial charge on any atom is 0.135 e. The van der Waals surface area contributed by atoms with Crippen LogP contribution in [-0.4, -0.2) is 41.1 Å². The van der Waals surface area contributed by atoms with Gasteiger partial charge in [0.1, 0.15) is 23.8 Å². The summed E-state index contributed by atoms with van der Waals surface area (Å²) in [5, 5.41) is 3.32. The fourth-order valence-corrected chi connectivity index (χ4v) is 2.96. The van der Waals surface area contributed by atoms with Gasteiger partial charge in [-0.3, -0.25) is 0 Å². The molecule has 0 unspecified atom stereocenters. The van der Waals surface area contributed by atoms with Crippen molar-refractivity contribution in [1.29, 1.82) is 0 Å². The predicted octanol–water partition coefficient (Wildman–Crippen LogP) is 2.94. The standard InChI is InChI=1S/C19H20N6/c1-2-6-16(7-3-1)23-17-14-19(22-15-21-17)25-12-10-24(11-13-25)18-8-4-5-9-20-18/h1-9,14-15H,10-13H2,(H,21,22,23). The topological polar surface area (TPSA) is 57.2 Å². The van der Waals surface area contributed by atoms with Crippen LogP contribution in [-0.2, 0) is 0 Å². The van der Waals surface area contributed by atoms with Gasteiger partial charge in [-0.05, 0) is 24.3 Å². The van der Waals surface area contributed by atoms with Crippen LogP contribution in [0.5, 0.6) is 0 Å². The Morgan fingerprint density at radius 3 is 2.16 bits per heavy atom. The van der Waals surface area contributed by atoms with Crippen molar-refractivity contribution in [2.75, 3.05) is 41.3 Å². The van der Waals surface area contributed by atoms with Crippen LogP contribution in [0, 0.1) is 0 Å². The van der Waals surface area contributed by atoms with E-state index in [2.05, 4.69) is 36.1 Å². The van der Waals surface area contributed by atoms with E-state index in [0.29, 0.717) is 0 Å². The molecule has 0 saturated carbocycles. The van der Waals surface area contributed by atoms with Crippen LogP contribution in [0.1, 0.15) is 0 Å². The summed E-state index contributed by atoms with van der Waals surface area (Å²) in [5.41, 5.74) is 1.02. The van der Waals surface area contributed by atoms with E-state index in [4.69, 9.17) is 0 Å². The van der Waals surface area contributed by atoms with Crippen LogP contribution in [0.3, 0.4) is 0 Å². The molecule has 3 heterocycles. The summed E-state index contributed by atoms with van der Waals surface area (Å²) in [4.78, 5) is 17.8. The molecular formula is C19H20N6. The summed E-state index contributed by atoms with van der Waals surface area (Å²) in [6.45, 7) is 3.70. The van der Waals surface area contributed by atoms with Crippen molar-refractivity contribution >= 4 is 23.1 Å². The lowest BCUT2D eigenvalue weighted by Crippen LogP contribution is -2.47. The van der Waals surface area contributed by atoms with E-state index >= 15 is 0 Å². The van der Waals surface area contributed by atoms with Crippen molar-refractivity contribution in [2.24, 2.45) is 0 Å². The van der Waals surface area contributed by atoms with Crippen LogP contribution in [0.4, 0.5) is 23.1 Å².